The molecule has 1 atom stereocenters. The summed E-state index contributed by atoms with van der Waals surface area (Å²) in [5, 5.41) is 0. The molecule has 1 aromatic rings. The first-order valence-corrected chi connectivity index (χ1v) is 9.21. The standard InChI is InChI=1S/C19H27N3O4/c1-19(2,3)18(25)21-11-9-20(10-12-21)16(23)14-6-4-8-22(14)17(24)15-7-5-13-26-15/h5,7,13-14H,4,6,8-12H2,1-3H3. The van der Waals surface area contributed by atoms with E-state index in [4.69, 9.17) is 4.42 Å². The van der Waals surface area contributed by atoms with Crippen molar-refractivity contribution in [3.63, 3.8) is 0 Å². The van der Waals surface area contributed by atoms with Crippen LogP contribution in [0.1, 0.15) is 44.2 Å². The van der Waals surface area contributed by atoms with Crippen LogP contribution in [0.3, 0.4) is 0 Å². The molecule has 1 aromatic heterocycles. The fraction of sp³-hybridized carbons (Fsp3) is 0.632. The Morgan fingerprint density at radius 3 is 2.27 bits per heavy atom. The summed E-state index contributed by atoms with van der Waals surface area (Å²) in [7, 11) is 0. The first-order valence-electron chi connectivity index (χ1n) is 9.21. The monoisotopic (exact) mass is 361 g/mol. The Balaban J connectivity index is 1.61. The largest absolute Gasteiger partial charge is 0.459 e. The molecule has 0 saturated carbocycles. The van der Waals surface area contributed by atoms with Gasteiger partial charge in [0.2, 0.25) is 11.8 Å². The number of rotatable bonds is 2. The Hall–Kier alpha value is -2.31. The number of carbonyl (C=O) groups excluding carboxylic acids is 3. The minimum Gasteiger partial charge on any atom is -0.459 e. The van der Waals surface area contributed by atoms with E-state index in [0.717, 1.165) is 6.42 Å². The van der Waals surface area contributed by atoms with Gasteiger partial charge in [0, 0.05) is 38.1 Å². The first kappa shape index (κ1) is 18.5. The van der Waals surface area contributed by atoms with Crippen molar-refractivity contribution in [3.05, 3.63) is 24.2 Å². The van der Waals surface area contributed by atoms with Crippen molar-refractivity contribution < 1.29 is 18.8 Å². The Labute approximate surface area is 153 Å². The van der Waals surface area contributed by atoms with Gasteiger partial charge >= 0.3 is 0 Å². The van der Waals surface area contributed by atoms with Crippen molar-refractivity contribution in [2.24, 2.45) is 5.41 Å². The van der Waals surface area contributed by atoms with Crippen molar-refractivity contribution >= 4 is 17.7 Å². The molecule has 0 aliphatic carbocycles. The highest BCUT2D eigenvalue weighted by Gasteiger charge is 2.39. The lowest BCUT2D eigenvalue weighted by Crippen LogP contribution is -2.56. The topological polar surface area (TPSA) is 74.1 Å². The molecule has 2 fully saturated rings. The van der Waals surface area contributed by atoms with E-state index in [1.54, 1.807) is 21.9 Å². The highest BCUT2D eigenvalue weighted by molar-refractivity contribution is 5.96. The Bertz CT molecular complexity index is 669. The smallest absolute Gasteiger partial charge is 0.290 e. The molecule has 0 spiro atoms. The zero-order valence-electron chi connectivity index (χ0n) is 15.7. The number of carbonyl (C=O) groups is 3. The van der Waals surface area contributed by atoms with E-state index in [2.05, 4.69) is 0 Å². The van der Waals surface area contributed by atoms with Gasteiger partial charge in [0.15, 0.2) is 5.76 Å². The summed E-state index contributed by atoms with van der Waals surface area (Å²) in [6.07, 6.45) is 2.95. The van der Waals surface area contributed by atoms with Gasteiger partial charge in [-0.3, -0.25) is 14.4 Å². The van der Waals surface area contributed by atoms with Gasteiger partial charge in [0.05, 0.1) is 6.26 Å². The number of furan rings is 1. The molecule has 0 radical (unpaired) electrons. The lowest BCUT2D eigenvalue weighted by atomic mass is 9.94. The Morgan fingerprint density at radius 2 is 1.69 bits per heavy atom. The minimum atomic E-state index is -0.433. The van der Waals surface area contributed by atoms with Crippen molar-refractivity contribution in [2.45, 2.75) is 39.7 Å². The second-order valence-electron chi connectivity index (χ2n) is 8.00. The maximum absolute atomic E-state index is 13.0. The Kier molecular flexibility index (Phi) is 5.07. The number of hydrogen-bond acceptors (Lipinski definition) is 4. The van der Waals surface area contributed by atoms with E-state index < -0.39 is 11.5 Å². The van der Waals surface area contributed by atoms with Crippen molar-refractivity contribution in [1.82, 2.24) is 14.7 Å². The third-order valence-electron chi connectivity index (χ3n) is 5.05. The molecule has 7 nitrogen and oxygen atoms in total. The zero-order valence-corrected chi connectivity index (χ0v) is 15.7. The predicted octanol–water partition coefficient (Wildman–Crippen LogP) is 1.60. The summed E-state index contributed by atoms with van der Waals surface area (Å²) in [5.41, 5.74) is -0.413. The van der Waals surface area contributed by atoms with Crippen LogP contribution in [0.15, 0.2) is 22.8 Å². The number of piperazine rings is 1. The van der Waals surface area contributed by atoms with E-state index in [1.807, 2.05) is 25.7 Å². The van der Waals surface area contributed by atoms with Crippen LogP contribution in [0, 0.1) is 5.41 Å². The second-order valence-corrected chi connectivity index (χ2v) is 8.00. The van der Waals surface area contributed by atoms with Gasteiger partial charge in [0.1, 0.15) is 6.04 Å². The summed E-state index contributed by atoms with van der Waals surface area (Å²) in [4.78, 5) is 43.1. The summed E-state index contributed by atoms with van der Waals surface area (Å²) in [5.74, 6) is 0.128. The maximum Gasteiger partial charge on any atom is 0.290 e. The van der Waals surface area contributed by atoms with Gasteiger partial charge in [0.25, 0.3) is 5.91 Å². The summed E-state index contributed by atoms with van der Waals surface area (Å²) < 4.78 is 5.19. The quantitative estimate of drug-likeness (QED) is 0.802. The van der Waals surface area contributed by atoms with E-state index >= 15 is 0 Å². The molecule has 3 heterocycles. The van der Waals surface area contributed by atoms with Crippen LogP contribution in [0.25, 0.3) is 0 Å². The molecule has 7 heteroatoms. The zero-order chi connectivity index (χ0) is 18.9. The van der Waals surface area contributed by atoms with E-state index in [0.29, 0.717) is 39.1 Å². The molecule has 0 bridgehead atoms. The summed E-state index contributed by atoms with van der Waals surface area (Å²) >= 11 is 0. The second kappa shape index (κ2) is 7.13. The number of nitrogens with zero attached hydrogens (tertiary/aromatic N) is 3. The van der Waals surface area contributed by atoms with Gasteiger partial charge in [-0.15, -0.1) is 0 Å². The van der Waals surface area contributed by atoms with Crippen LogP contribution in [-0.2, 0) is 9.59 Å². The SMILES string of the molecule is CC(C)(C)C(=O)N1CCN(C(=O)C2CCCN2C(=O)c2ccco2)CC1. The fourth-order valence-electron chi connectivity index (χ4n) is 3.62. The first-order chi connectivity index (χ1) is 12.3. The van der Waals surface area contributed by atoms with Crippen LogP contribution < -0.4 is 0 Å². The van der Waals surface area contributed by atoms with Crippen molar-refractivity contribution in [1.29, 1.82) is 0 Å². The van der Waals surface area contributed by atoms with Gasteiger partial charge in [-0.2, -0.15) is 0 Å². The number of amides is 3. The lowest BCUT2D eigenvalue weighted by molar-refractivity contribution is -0.146. The Morgan fingerprint density at radius 1 is 1.04 bits per heavy atom. The molecule has 26 heavy (non-hydrogen) atoms. The molecule has 1 unspecified atom stereocenters. The van der Waals surface area contributed by atoms with Crippen LogP contribution >= 0.6 is 0 Å². The molecular weight excluding hydrogens is 334 g/mol. The van der Waals surface area contributed by atoms with Crippen LogP contribution in [0.4, 0.5) is 0 Å². The number of likely N-dealkylation sites (tertiary alicyclic amines) is 1. The van der Waals surface area contributed by atoms with E-state index in [1.165, 1.54) is 6.26 Å². The molecule has 142 valence electrons. The molecule has 0 aromatic carbocycles. The third-order valence-corrected chi connectivity index (χ3v) is 5.05. The van der Waals surface area contributed by atoms with Crippen LogP contribution in [-0.4, -0.2) is 71.2 Å². The van der Waals surface area contributed by atoms with Gasteiger partial charge in [-0.05, 0) is 25.0 Å². The molecule has 0 N–H and O–H groups in total. The van der Waals surface area contributed by atoms with Gasteiger partial charge in [-0.1, -0.05) is 20.8 Å². The van der Waals surface area contributed by atoms with Crippen LogP contribution in [0.2, 0.25) is 0 Å². The van der Waals surface area contributed by atoms with Crippen LogP contribution in [0.5, 0.6) is 0 Å². The highest BCUT2D eigenvalue weighted by atomic mass is 16.3. The predicted molar refractivity (Wildman–Crippen MR) is 95.4 cm³/mol. The van der Waals surface area contributed by atoms with Crippen molar-refractivity contribution in [2.75, 3.05) is 32.7 Å². The molecule has 3 amide bonds. The average Bonchev–Trinajstić information content (AvgIpc) is 3.30. The normalized spacial score (nSPS) is 21.2. The van der Waals surface area contributed by atoms with Gasteiger partial charge in [-0.25, -0.2) is 0 Å². The molecular formula is C19H27N3O4. The summed E-state index contributed by atoms with van der Waals surface area (Å²) in [6.45, 7) is 8.40. The van der Waals surface area contributed by atoms with E-state index in [-0.39, 0.29) is 23.5 Å². The molecule has 3 rings (SSSR count). The number of hydrogen-bond donors (Lipinski definition) is 0. The highest BCUT2D eigenvalue weighted by Crippen LogP contribution is 2.24. The molecule has 2 aliphatic heterocycles. The third kappa shape index (κ3) is 3.61. The summed E-state index contributed by atoms with van der Waals surface area (Å²) in [6, 6.07) is 2.86. The maximum atomic E-state index is 13.0. The fourth-order valence-corrected chi connectivity index (χ4v) is 3.62. The lowest BCUT2D eigenvalue weighted by Gasteiger charge is -2.39. The average molecular weight is 361 g/mol. The molecule has 2 saturated heterocycles. The van der Waals surface area contributed by atoms with E-state index in [9.17, 15) is 14.4 Å². The molecule has 2 aliphatic rings. The van der Waals surface area contributed by atoms with Gasteiger partial charge < -0.3 is 19.1 Å². The minimum absolute atomic E-state index is 0.0229. The van der Waals surface area contributed by atoms with Crippen molar-refractivity contribution in [3.8, 4) is 0 Å².